The predicted octanol–water partition coefficient (Wildman–Crippen LogP) is 3.21. The molecular weight excluding hydrogens is 392 g/mol. The quantitative estimate of drug-likeness (QED) is 0.632. The van der Waals surface area contributed by atoms with Gasteiger partial charge in [-0.1, -0.05) is 0 Å². The van der Waals surface area contributed by atoms with E-state index in [-0.39, 0.29) is 22.8 Å². The molecule has 0 amide bonds. The molecule has 7 nitrogen and oxygen atoms in total. The fourth-order valence-electron chi connectivity index (χ4n) is 4.65. The molecule has 8 heteroatoms. The predicted molar refractivity (Wildman–Crippen MR) is 109 cm³/mol. The summed E-state index contributed by atoms with van der Waals surface area (Å²) in [7, 11) is 1.30. The van der Waals surface area contributed by atoms with E-state index < -0.39 is 23.4 Å². The van der Waals surface area contributed by atoms with Crippen molar-refractivity contribution in [2.45, 2.75) is 38.7 Å². The molecule has 0 spiro atoms. The van der Waals surface area contributed by atoms with Crippen LogP contribution in [0, 0.1) is 12.8 Å². The molecule has 0 aliphatic heterocycles. The third kappa shape index (κ3) is 2.86. The van der Waals surface area contributed by atoms with E-state index in [1.54, 1.807) is 25.3 Å². The van der Waals surface area contributed by atoms with E-state index >= 15 is 0 Å². The van der Waals surface area contributed by atoms with Crippen LogP contribution in [0.3, 0.4) is 0 Å². The number of hydrogen-bond donors (Lipinski definition) is 2. The summed E-state index contributed by atoms with van der Waals surface area (Å²) in [5.41, 5.74) is 7.63. The van der Waals surface area contributed by atoms with Gasteiger partial charge in [-0.05, 0) is 44.0 Å². The van der Waals surface area contributed by atoms with Crippen molar-refractivity contribution < 1.29 is 23.8 Å². The maximum absolute atomic E-state index is 12.6. The minimum atomic E-state index is -1.32. The van der Waals surface area contributed by atoms with Crippen molar-refractivity contribution in [3.05, 3.63) is 45.9 Å². The number of esters is 1. The number of rotatable bonds is 3. The third-order valence-electron chi connectivity index (χ3n) is 5.72. The smallest absolute Gasteiger partial charge is 0.350 e. The highest BCUT2D eigenvalue weighted by atomic mass is 32.1. The van der Waals surface area contributed by atoms with Crippen molar-refractivity contribution in [2.75, 3.05) is 12.8 Å². The standard InChI is InChI=1S/C21H22N2O5S/c1-9-13-11(14-17(22)18(20(25)27-4)29-19(14)23-9)8-21(3,26)16(10(2)24)15(13)12-6-5-7-28-12/h5-7,15-16,26H,8,22H2,1-4H3. The molecule has 3 heterocycles. The van der Waals surface area contributed by atoms with Crippen molar-refractivity contribution in [3.8, 4) is 0 Å². The highest BCUT2D eigenvalue weighted by molar-refractivity contribution is 7.21. The number of carbonyl (C=O) groups excluding carboxylic acids is 2. The number of ether oxygens (including phenoxy) is 1. The number of aromatic nitrogens is 1. The lowest BCUT2D eigenvalue weighted by atomic mass is 9.64. The van der Waals surface area contributed by atoms with Gasteiger partial charge in [-0.2, -0.15) is 0 Å². The number of Topliss-reactive ketones (excluding diaryl/α,β-unsaturated/α-hetero) is 1. The summed E-state index contributed by atoms with van der Waals surface area (Å²) in [6.45, 7) is 5.00. The number of aliphatic hydroxyl groups is 1. The average molecular weight is 414 g/mol. The minimum absolute atomic E-state index is 0.130. The number of aryl methyl sites for hydroxylation is 1. The molecule has 4 rings (SSSR count). The van der Waals surface area contributed by atoms with Crippen molar-refractivity contribution in [2.24, 2.45) is 5.92 Å². The molecule has 1 aliphatic rings. The number of ketones is 1. The average Bonchev–Trinajstić information content (AvgIpc) is 3.27. The molecule has 0 saturated heterocycles. The number of carbonyl (C=O) groups is 2. The molecule has 0 bridgehead atoms. The maximum Gasteiger partial charge on any atom is 0.350 e. The normalized spacial score (nSPS) is 23.8. The Bertz CT molecular complexity index is 1130. The fourth-order valence-corrected chi connectivity index (χ4v) is 5.74. The summed E-state index contributed by atoms with van der Waals surface area (Å²) in [5, 5.41) is 11.9. The monoisotopic (exact) mass is 414 g/mol. The lowest BCUT2D eigenvalue weighted by molar-refractivity contribution is -0.131. The van der Waals surface area contributed by atoms with E-state index in [2.05, 4.69) is 4.98 Å². The van der Waals surface area contributed by atoms with E-state index in [1.165, 1.54) is 25.4 Å². The second-order valence-electron chi connectivity index (χ2n) is 7.72. The van der Waals surface area contributed by atoms with E-state index in [0.717, 1.165) is 11.1 Å². The van der Waals surface area contributed by atoms with Crippen LogP contribution in [0.2, 0.25) is 0 Å². The van der Waals surface area contributed by atoms with Crippen LogP contribution < -0.4 is 5.73 Å². The van der Waals surface area contributed by atoms with Crippen molar-refractivity contribution in [1.29, 1.82) is 0 Å². The largest absolute Gasteiger partial charge is 0.469 e. The van der Waals surface area contributed by atoms with Crippen molar-refractivity contribution >= 4 is 39.0 Å². The van der Waals surface area contributed by atoms with Crippen LogP contribution in [0.5, 0.6) is 0 Å². The number of hydrogen-bond acceptors (Lipinski definition) is 8. The first kappa shape index (κ1) is 19.6. The molecule has 0 aromatic carbocycles. The van der Waals surface area contributed by atoms with Crippen molar-refractivity contribution in [1.82, 2.24) is 4.98 Å². The molecule has 3 aromatic rings. The molecule has 3 aromatic heterocycles. The van der Waals surface area contributed by atoms with E-state index in [4.69, 9.17) is 14.9 Å². The molecule has 0 fully saturated rings. The first-order valence-electron chi connectivity index (χ1n) is 9.23. The molecule has 3 unspecified atom stereocenters. The van der Waals surface area contributed by atoms with Gasteiger partial charge in [-0.25, -0.2) is 9.78 Å². The van der Waals surface area contributed by atoms with Gasteiger partial charge in [0.25, 0.3) is 0 Å². The number of nitrogens with two attached hydrogens (primary N) is 1. The number of methoxy groups -OCH3 is 1. The number of nitrogens with zero attached hydrogens (tertiary/aromatic N) is 1. The summed E-state index contributed by atoms with van der Waals surface area (Å²) >= 11 is 1.17. The highest BCUT2D eigenvalue weighted by Gasteiger charge is 2.49. The van der Waals surface area contributed by atoms with E-state index in [9.17, 15) is 14.7 Å². The fraction of sp³-hybridized carbons (Fsp3) is 0.381. The third-order valence-corrected chi connectivity index (χ3v) is 6.80. The van der Waals surface area contributed by atoms with Gasteiger partial charge in [0, 0.05) is 17.5 Å². The van der Waals surface area contributed by atoms with Gasteiger partial charge in [0.05, 0.1) is 36.5 Å². The summed E-state index contributed by atoms with van der Waals surface area (Å²) in [6, 6.07) is 3.55. The number of pyridine rings is 1. The Morgan fingerprint density at radius 1 is 1.45 bits per heavy atom. The summed E-state index contributed by atoms with van der Waals surface area (Å²) in [4.78, 5) is 30.3. The zero-order chi connectivity index (χ0) is 21.1. The Balaban J connectivity index is 2.09. The molecule has 3 atom stereocenters. The number of thiophene rings is 1. The maximum atomic E-state index is 12.6. The Labute approximate surface area is 171 Å². The Kier molecular flexibility index (Phi) is 4.51. The van der Waals surface area contributed by atoms with Crippen LogP contribution in [0.15, 0.2) is 22.8 Å². The number of anilines is 1. The molecule has 0 radical (unpaired) electrons. The summed E-state index contributed by atoms with van der Waals surface area (Å²) in [5.74, 6) is -1.27. The lowest BCUT2D eigenvalue weighted by Crippen LogP contribution is -2.48. The van der Waals surface area contributed by atoms with Crippen LogP contribution in [-0.4, -0.2) is 34.6 Å². The zero-order valence-corrected chi connectivity index (χ0v) is 17.4. The Hall–Kier alpha value is -2.71. The topological polar surface area (TPSA) is 116 Å². The second kappa shape index (κ2) is 6.67. The first-order chi connectivity index (χ1) is 13.7. The van der Waals surface area contributed by atoms with Crippen LogP contribution in [0.25, 0.3) is 10.2 Å². The molecule has 3 N–H and O–H groups in total. The van der Waals surface area contributed by atoms with Gasteiger partial charge in [0.1, 0.15) is 21.3 Å². The minimum Gasteiger partial charge on any atom is -0.469 e. The molecule has 152 valence electrons. The molecule has 0 saturated carbocycles. The van der Waals surface area contributed by atoms with Crippen LogP contribution in [0.4, 0.5) is 5.69 Å². The van der Waals surface area contributed by atoms with Gasteiger partial charge in [-0.15, -0.1) is 11.3 Å². The Morgan fingerprint density at radius 2 is 2.17 bits per heavy atom. The van der Waals surface area contributed by atoms with Gasteiger partial charge in [-0.3, -0.25) is 4.79 Å². The van der Waals surface area contributed by atoms with Crippen LogP contribution >= 0.6 is 11.3 Å². The first-order valence-corrected chi connectivity index (χ1v) is 10.0. The molecular formula is C21H22N2O5S. The highest BCUT2D eigenvalue weighted by Crippen LogP contribution is 2.50. The number of furan rings is 1. The lowest BCUT2D eigenvalue weighted by Gasteiger charge is -2.42. The second-order valence-corrected chi connectivity index (χ2v) is 8.72. The van der Waals surface area contributed by atoms with Crippen molar-refractivity contribution in [3.63, 3.8) is 0 Å². The van der Waals surface area contributed by atoms with E-state index in [0.29, 0.717) is 21.7 Å². The van der Waals surface area contributed by atoms with Crippen LogP contribution in [0.1, 0.15) is 52.0 Å². The van der Waals surface area contributed by atoms with E-state index in [1.807, 2.05) is 6.92 Å². The zero-order valence-electron chi connectivity index (χ0n) is 16.6. The van der Waals surface area contributed by atoms with Gasteiger partial charge in [0.15, 0.2) is 0 Å². The number of nitrogen functional groups attached to an aromatic ring is 1. The van der Waals surface area contributed by atoms with Gasteiger partial charge in [0.2, 0.25) is 0 Å². The van der Waals surface area contributed by atoms with Gasteiger partial charge < -0.3 is 20.0 Å². The van der Waals surface area contributed by atoms with Crippen LogP contribution in [-0.2, 0) is 16.0 Å². The summed E-state index contributed by atoms with van der Waals surface area (Å²) < 4.78 is 10.5. The Morgan fingerprint density at radius 3 is 2.76 bits per heavy atom. The molecule has 29 heavy (non-hydrogen) atoms. The molecule has 1 aliphatic carbocycles. The van der Waals surface area contributed by atoms with Gasteiger partial charge >= 0.3 is 5.97 Å². The summed E-state index contributed by atoms with van der Waals surface area (Å²) in [6.07, 6.45) is 1.76. The number of fused-ring (bicyclic) bond motifs is 3. The SMILES string of the molecule is COC(=O)c1sc2nc(C)c3c(c2c1N)CC(C)(O)C(C(C)=O)C3c1ccco1.